The van der Waals surface area contributed by atoms with Crippen molar-refractivity contribution in [2.45, 2.75) is 6.54 Å². The summed E-state index contributed by atoms with van der Waals surface area (Å²) in [5.41, 5.74) is 3.64. The maximum Gasteiger partial charge on any atom is 0.0363 e. The quantitative estimate of drug-likeness (QED) is 0.597. The van der Waals surface area contributed by atoms with Gasteiger partial charge in [0.05, 0.1) is 0 Å². The van der Waals surface area contributed by atoms with Crippen LogP contribution in [0.15, 0.2) is 24.5 Å². The first-order valence-electron chi connectivity index (χ1n) is 2.76. The van der Waals surface area contributed by atoms with Crippen LogP contribution in [0.3, 0.4) is 0 Å². The van der Waals surface area contributed by atoms with Crippen molar-refractivity contribution in [2.75, 3.05) is 0 Å². The third-order valence-electron chi connectivity index (χ3n) is 1.03. The molecule has 0 aliphatic heterocycles. The maximum atomic E-state index is 5.08. The molecule has 0 saturated carbocycles. The molecule has 0 bridgehead atoms. The van der Waals surface area contributed by atoms with E-state index in [1.54, 1.807) is 12.4 Å². The molecule has 0 aliphatic rings. The van der Waals surface area contributed by atoms with E-state index in [2.05, 4.69) is 10.4 Å². The highest BCUT2D eigenvalue weighted by Gasteiger charge is 1.84. The van der Waals surface area contributed by atoms with E-state index in [1.807, 2.05) is 12.1 Å². The molecule has 0 amide bonds. The normalized spacial score (nSPS) is 7.08. The molecule has 3 N–H and O–H groups in total. The summed E-state index contributed by atoms with van der Waals surface area (Å²) in [5, 5.41) is 0. The van der Waals surface area contributed by atoms with Crippen molar-refractivity contribution in [3.05, 3.63) is 30.1 Å². The van der Waals surface area contributed by atoms with Crippen LogP contribution in [0.1, 0.15) is 5.56 Å². The molecule has 0 fully saturated rings. The first kappa shape index (κ1) is 17.9. The van der Waals surface area contributed by atoms with Gasteiger partial charge in [0.2, 0.25) is 0 Å². The second kappa shape index (κ2) is 10.9. The van der Waals surface area contributed by atoms with E-state index >= 15 is 0 Å². The largest absolute Gasteiger partial charge is 0.271 e. The van der Waals surface area contributed by atoms with Crippen LogP contribution in [0.25, 0.3) is 0 Å². The number of aromatic nitrogens is 1. The van der Waals surface area contributed by atoms with Gasteiger partial charge in [-0.3, -0.25) is 16.3 Å². The SMILES string of the molecule is Cl.Cl.Cl.NNCc1cccnc1. The molecule has 1 rings (SSSR count). The summed E-state index contributed by atoms with van der Waals surface area (Å²) >= 11 is 0. The summed E-state index contributed by atoms with van der Waals surface area (Å²) in [4.78, 5) is 3.91. The number of nitrogens with zero attached hydrogens (tertiary/aromatic N) is 1. The molecule has 72 valence electrons. The number of hydrogen-bond acceptors (Lipinski definition) is 3. The molecule has 6 heteroatoms. The molecule has 0 radical (unpaired) electrons. The van der Waals surface area contributed by atoms with Gasteiger partial charge in [0.1, 0.15) is 0 Å². The lowest BCUT2D eigenvalue weighted by atomic mass is 10.3. The van der Waals surface area contributed by atoms with Gasteiger partial charge in [0.25, 0.3) is 0 Å². The van der Waals surface area contributed by atoms with E-state index in [1.165, 1.54) is 0 Å². The fourth-order valence-electron chi connectivity index (χ4n) is 0.621. The minimum absolute atomic E-state index is 0. The highest BCUT2D eigenvalue weighted by Crippen LogP contribution is 1.91. The number of nitrogens with one attached hydrogen (secondary N) is 1. The van der Waals surface area contributed by atoms with Gasteiger partial charge in [-0.15, -0.1) is 37.2 Å². The molecule has 1 aromatic heterocycles. The Morgan fingerprint density at radius 2 is 2.00 bits per heavy atom. The van der Waals surface area contributed by atoms with Crippen molar-refractivity contribution in [1.29, 1.82) is 0 Å². The molecule has 0 unspecified atom stereocenters. The van der Waals surface area contributed by atoms with Crippen molar-refractivity contribution >= 4 is 37.2 Å². The molecule has 0 aromatic carbocycles. The molecule has 0 aliphatic carbocycles. The van der Waals surface area contributed by atoms with E-state index in [0.717, 1.165) is 5.56 Å². The topological polar surface area (TPSA) is 50.9 Å². The summed E-state index contributed by atoms with van der Waals surface area (Å²) in [5.74, 6) is 5.08. The Balaban J connectivity index is -0.000000270. The lowest BCUT2D eigenvalue weighted by Gasteiger charge is -1.95. The second-order valence-corrected chi connectivity index (χ2v) is 1.74. The second-order valence-electron chi connectivity index (χ2n) is 1.74. The summed E-state index contributed by atoms with van der Waals surface area (Å²) in [7, 11) is 0. The Kier molecular flexibility index (Phi) is 16.3. The standard InChI is InChI=1S/C6H9N3.3ClH/c7-9-5-6-2-1-3-8-4-6;;;/h1-4,9H,5,7H2;3*1H. The Hall–Kier alpha value is -0.0600. The zero-order valence-electron chi connectivity index (χ0n) is 6.27. The number of hydrogen-bond donors (Lipinski definition) is 2. The van der Waals surface area contributed by atoms with Gasteiger partial charge in [-0.25, -0.2) is 0 Å². The molecule has 1 aromatic rings. The highest BCUT2D eigenvalue weighted by atomic mass is 35.5. The van der Waals surface area contributed by atoms with Crippen molar-refractivity contribution in [1.82, 2.24) is 10.4 Å². The zero-order valence-corrected chi connectivity index (χ0v) is 8.72. The minimum Gasteiger partial charge on any atom is -0.271 e. The highest BCUT2D eigenvalue weighted by molar-refractivity contribution is 5.86. The predicted octanol–water partition coefficient (Wildman–Crippen LogP) is 1.31. The molecule has 3 nitrogen and oxygen atoms in total. The molecule has 0 spiro atoms. The van der Waals surface area contributed by atoms with Crippen LogP contribution in [-0.2, 0) is 6.54 Å². The van der Waals surface area contributed by atoms with E-state index in [0.29, 0.717) is 6.54 Å². The van der Waals surface area contributed by atoms with Gasteiger partial charge < -0.3 is 0 Å². The Bertz CT molecular complexity index is 171. The monoisotopic (exact) mass is 231 g/mol. The summed E-state index contributed by atoms with van der Waals surface area (Å²) in [6, 6.07) is 3.85. The minimum atomic E-state index is 0. The van der Waals surface area contributed by atoms with E-state index in [9.17, 15) is 0 Å². The van der Waals surface area contributed by atoms with E-state index < -0.39 is 0 Å². The van der Waals surface area contributed by atoms with E-state index in [4.69, 9.17) is 5.84 Å². The molecule has 0 atom stereocenters. The van der Waals surface area contributed by atoms with Crippen molar-refractivity contribution < 1.29 is 0 Å². The lowest BCUT2D eigenvalue weighted by Crippen LogP contribution is -2.20. The number of halogens is 3. The number of nitrogens with two attached hydrogens (primary N) is 1. The smallest absolute Gasteiger partial charge is 0.0363 e. The van der Waals surface area contributed by atoms with Crippen LogP contribution in [0, 0.1) is 0 Å². The third kappa shape index (κ3) is 6.64. The van der Waals surface area contributed by atoms with E-state index in [-0.39, 0.29) is 37.2 Å². The van der Waals surface area contributed by atoms with Gasteiger partial charge in [-0.1, -0.05) is 6.07 Å². The summed E-state index contributed by atoms with van der Waals surface area (Å²) < 4.78 is 0. The first-order valence-corrected chi connectivity index (χ1v) is 2.76. The van der Waals surface area contributed by atoms with Crippen LogP contribution in [0.2, 0.25) is 0 Å². The van der Waals surface area contributed by atoms with Gasteiger partial charge in [-0.05, 0) is 11.6 Å². The Morgan fingerprint density at radius 3 is 2.42 bits per heavy atom. The lowest BCUT2D eigenvalue weighted by molar-refractivity contribution is 0.738. The molecule has 12 heavy (non-hydrogen) atoms. The Labute approximate surface area is 90.3 Å². The number of pyridine rings is 1. The average Bonchev–Trinajstić information content (AvgIpc) is 1.91. The summed E-state index contributed by atoms with van der Waals surface area (Å²) in [6.45, 7) is 0.674. The van der Waals surface area contributed by atoms with Gasteiger partial charge in [0, 0.05) is 18.9 Å². The van der Waals surface area contributed by atoms with Crippen LogP contribution >= 0.6 is 37.2 Å². The predicted molar refractivity (Wildman–Crippen MR) is 57.0 cm³/mol. The van der Waals surface area contributed by atoms with Gasteiger partial charge in [-0.2, -0.15) is 0 Å². The maximum absolute atomic E-state index is 5.08. The van der Waals surface area contributed by atoms with Crippen LogP contribution in [0.4, 0.5) is 0 Å². The first-order chi connectivity index (χ1) is 4.43. The van der Waals surface area contributed by atoms with Crippen molar-refractivity contribution in [2.24, 2.45) is 5.84 Å². The number of rotatable bonds is 2. The van der Waals surface area contributed by atoms with Gasteiger partial charge >= 0.3 is 0 Å². The molecular weight excluding hydrogens is 220 g/mol. The van der Waals surface area contributed by atoms with Gasteiger partial charge in [0.15, 0.2) is 0 Å². The fraction of sp³-hybridized carbons (Fsp3) is 0.167. The summed E-state index contributed by atoms with van der Waals surface area (Å²) in [6.07, 6.45) is 3.51. The number of hydrazine groups is 1. The van der Waals surface area contributed by atoms with Crippen molar-refractivity contribution in [3.8, 4) is 0 Å². The molecular formula is C6H12Cl3N3. The van der Waals surface area contributed by atoms with Crippen molar-refractivity contribution in [3.63, 3.8) is 0 Å². The molecule has 1 heterocycles. The fourth-order valence-corrected chi connectivity index (χ4v) is 0.621. The Morgan fingerprint density at radius 1 is 1.33 bits per heavy atom. The zero-order chi connectivity index (χ0) is 6.53. The van der Waals surface area contributed by atoms with Crippen LogP contribution in [0.5, 0.6) is 0 Å². The molecule has 0 saturated heterocycles. The van der Waals surface area contributed by atoms with Crippen LogP contribution in [-0.4, -0.2) is 4.98 Å². The average molecular weight is 233 g/mol. The third-order valence-corrected chi connectivity index (χ3v) is 1.03. The van der Waals surface area contributed by atoms with Crippen LogP contribution < -0.4 is 11.3 Å².